The summed E-state index contributed by atoms with van der Waals surface area (Å²) in [6, 6.07) is 8.16. The minimum atomic E-state index is -0.137. The van der Waals surface area contributed by atoms with Crippen molar-refractivity contribution in [2.75, 3.05) is 19.0 Å². The van der Waals surface area contributed by atoms with E-state index in [0.29, 0.717) is 0 Å². The van der Waals surface area contributed by atoms with E-state index in [2.05, 4.69) is 35.0 Å². The summed E-state index contributed by atoms with van der Waals surface area (Å²) in [4.78, 5) is 7.86. The van der Waals surface area contributed by atoms with E-state index in [1.165, 1.54) is 4.88 Å². The van der Waals surface area contributed by atoms with Crippen molar-refractivity contribution < 1.29 is 0 Å². The van der Waals surface area contributed by atoms with Crippen LogP contribution < -0.4 is 10.6 Å². The van der Waals surface area contributed by atoms with Gasteiger partial charge in [0.05, 0.1) is 11.7 Å². The third-order valence-corrected chi connectivity index (χ3v) is 4.21. The van der Waals surface area contributed by atoms with Gasteiger partial charge >= 0.3 is 0 Å². The highest BCUT2D eigenvalue weighted by Gasteiger charge is 2.14. The van der Waals surface area contributed by atoms with E-state index in [-0.39, 0.29) is 6.04 Å². The molecule has 0 spiro atoms. The fourth-order valence-electron chi connectivity index (χ4n) is 1.77. The van der Waals surface area contributed by atoms with Gasteiger partial charge in [-0.3, -0.25) is 0 Å². The summed E-state index contributed by atoms with van der Waals surface area (Å²) in [5, 5.41) is 0.987. The molecule has 0 aliphatic rings. The van der Waals surface area contributed by atoms with Crippen molar-refractivity contribution in [2.24, 2.45) is 5.73 Å². The van der Waals surface area contributed by atoms with Crippen LogP contribution in [0.2, 0.25) is 0 Å². The summed E-state index contributed by atoms with van der Waals surface area (Å²) < 4.78 is 0. The summed E-state index contributed by atoms with van der Waals surface area (Å²) in [6.07, 6.45) is 0. The Labute approximate surface area is 112 Å². The first-order chi connectivity index (χ1) is 8.49. The number of rotatable bonds is 3. The molecule has 0 saturated carbocycles. The number of nitrogens with two attached hydrogens (primary N) is 1. The standard InChI is InChI=1S/C14H19N3S/c1-9-10(2)18-14(16-9)13(15)11-6-5-7-12(8-11)17(3)4/h5-8,13H,15H2,1-4H3. The van der Waals surface area contributed by atoms with Crippen LogP contribution in [0.3, 0.4) is 0 Å². The number of aryl methyl sites for hydroxylation is 2. The summed E-state index contributed by atoms with van der Waals surface area (Å²) in [5.41, 5.74) is 9.64. The number of nitrogens with zero attached hydrogens (tertiary/aromatic N) is 2. The quantitative estimate of drug-likeness (QED) is 0.923. The molecule has 0 aliphatic carbocycles. The van der Waals surface area contributed by atoms with Crippen LogP contribution in [0.5, 0.6) is 0 Å². The number of hydrogen-bond acceptors (Lipinski definition) is 4. The zero-order valence-corrected chi connectivity index (χ0v) is 12.1. The van der Waals surface area contributed by atoms with Crippen LogP contribution in [0, 0.1) is 13.8 Å². The molecule has 4 heteroatoms. The van der Waals surface area contributed by atoms with Gasteiger partial charge in [-0.25, -0.2) is 4.98 Å². The first-order valence-corrected chi connectivity index (χ1v) is 6.77. The molecule has 0 amide bonds. The highest BCUT2D eigenvalue weighted by atomic mass is 32.1. The van der Waals surface area contributed by atoms with E-state index in [1.54, 1.807) is 11.3 Å². The predicted octanol–water partition coefficient (Wildman–Crippen LogP) is 2.87. The molecular formula is C14H19N3S. The van der Waals surface area contributed by atoms with Crippen LogP contribution in [0.1, 0.15) is 27.2 Å². The van der Waals surface area contributed by atoms with E-state index in [0.717, 1.165) is 22.0 Å². The molecule has 18 heavy (non-hydrogen) atoms. The van der Waals surface area contributed by atoms with Crippen LogP contribution in [0.15, 0.2) is 24.3 Å². The second kappa shape index (κ2) is 5.08. The van der Waals surface area contributed by atoms with Crippen LogP contribution in [-0.4, -0.2) is 19.1 Å². The van der Waals surface area contributed by atoms with Gasteiger partial charge in [-0.15, -0.1) is 11.3 Å². The highest BCUT2D eigenvalue weighted by molar-refractivity contribution is 7.11. The second-order valence-electron chi connectivity index (χ2n) is 4.66. The Kier molecular flexibility index (Phi) is 3.68. The number of hydrogen-bond donors (Lipinski definition) is 1. The molecule has 1 heterocycles. The number of anilines is 1. The molecule has 2 rings (SSSR count). The molecule has 96 valence electrons. The first-order valence-electron chi connectivity index (χ1n) is 5.96. The molecule has 0 saturated heterocycles. The maximum Gasteiger partial charge on any atom is 0.114 e. The van der Waals surface area contributed by atoms with Gasteiger partial charge in [0, 0.05) is 24.7 Å². The van der Waals surface area contributed by atoms with E-state index in [4.69, 9.17) is 5.73 Å². The fourth-order valence-corrected chi connectivity index (χ4v) is 2.72. The molecule has 1 unspecified atom stereocenters. The SMILES string of the molecule is Cc1nc(C(N)c2cccc(N(C)C)c2)sc1C. The lowest BCUT2D eigenvalue weighted by Crippen LogP contribution is -2.14. The monoisotopic (exact) mass is 261 g/mol. The minimum Gasteiger partial charge on any atom is -0.378 e. The number of benzene rings is 1. The van der Waals surface area contributed by atoms with Gasteiger partial charge in [-0.2, -0.15) is 0 Å². The van der Waals surface area contributed by atoms with Gasteiger partial charge in [0.15, 0.2) is 0 Å². The van der Waals surface area contributed by atoms with Crippen molar-refractivity contribution in [1.29, 1.82) is 0 Å². The lowest BCUT2D eigenvalue weighted by molar-refractivity contribution is 0.851. The molecule has 1 atom stereocenters. The van der Waals surface area contributed by atoms with Gasteiger partial charge in [-0.1, -0.05) is 12.1 Å². The van der Waals surface area contributed by atoms with Crippen molar-refractivity contribution in [3.8, 4) is 0 Å². The van der Waals surface area contributed by atoms with Crippen molar-refractivity contribution in [2.45, 2.75) is 19.9 Å². The maximum absolute atomic E-state index is 6.30. The molecule has 0 fully saturated rings. The lowest BCUT2D eigenvalue weighted by Gasteiger charge is -2.15. The third-order valence-electron chi connectivity index (χ3n) is 3.06. The number of aromatic nitrogens is 1. The third kappa shape index (κ3) is 2.54. The normalized spacial score (nSPS) is 12.5. The fraction of sp³-hybridized carbons (Fsp3) is 0.357. The molecule has 1 aromatic heterocycles. The zero-order valence-electron chi connectivity index (χ0n) is 11.3. The van der Waals surface area contributed by atoms with Crippen molar-refractivity contribution in [3.63, 3.8) is 0 Å². The van der Waals surface area contributed by atoms with Gasteiger partial charge in [-0.05, 0) is 31.5 Å². The van der Waals surface area contributed by atoms with E-state index in [9.17, 15) is 0 Å². The summed E-state index contributed by atoms with van der Waals surface area (Å²) >= 11 is 1.68. The van der Waals surface area contributed by atoms with Gasteiger partial charge in [0.1, 0.15) is 5.01 Å². The van der Waals surface area contributed by atoms with Crippen LogP contribution in [0.25, 0.3) is 0 Å². The average Bonchev–Trinajstić information content (AvgIpc) is 2.69. The van der Waals surface area contributed by atoms with Crippen molar-refractivity contribution in [3.05, 3.63) is 45.4 Å². The van der Waals surface area contributed by atoms with Crippen molar-refractivity contribution >= 4 is 17.0 Å². The topological polar surface area (TPSA) is 42.1 Å². The molecule has 0 bridgehead atoms. The molecule has 2 aromatic rings. The van der Waals surface area contributed by atoms with E-state index < -0.39 is 0 Å². The predicted molar refractivity (Wildman–Crippen MR) is 78.4 cm³/mol. The Morgan fingerprint density at radius 1 is 1.28 bits per heavy atom. The zero-order chi connectivity index (χ0) is 13.3. The Balaban J connectivity index is 2.33. The summed E-state index contributed by atoms with van der Waals surface area (Å²) in [7, 11) is 4.06. The molecule has 3 nitrogen and oxygen atoms in total. The largest absolute Gasteiger partial charge is 0.378 e. The van der Waals surface area contributed by atoms with Gasteiger partial charge < -0.3 is 10.6 Å². The van der Waals surface area contributed by atoms with Crippen LogP contribution >= 0.6 is 11.3 Å². The van der Waals surface area contributed by atoms with Crippen molar-refractivity contribution in [1.82, 2.24) is 4.98 Å². The van der Waals surface area contributed by atoms with E-state index >= 15 is 0 Å². The molecule has 0 radical (unpaired) electrons. The molecule has 0 aliphatic heterocycles. The minimum absolute atomic E-state index is 0.137. The van der Waals surface area contributed by atoms with Gasteiger partial charge in [0.2, 0.25) is 0 Å². The summed E-state index contributed by atoms with van der Waals surface area (Å²) in [6.45, 7) is 4.11. The first kappa shape index (κ1) is 13.1. The Bertz CT molecular complexity index is 526. The number of thiazole rings is 1. The Hall–Kier alpha value is -1.39. The second-order valence-corrected chi connectivity index (χ2v) is 5.90. The molecule has 2 N–H and O–H groups in total. The molecular weight excluding hydrogens is 242 g/mol. The van der Waals surface area contributed by atoms with E-state index in [1.807, 2.05) is 27.1 Å². The van der Waals surface area contributed by atoms with Crippen LogP contribution in [-0.2, 0) is 0 Å². The summed E-state index contributed by atoms with van der Waals surface area (Å²) in [5.74, 6) is 0. The maximum atomic E-state index is 6.30. The average molecular weight is 261 g/mol. The van der Waals surface area contributed by atoms with Gasteiger partial charge in [0.25, 0.3) is 0 Å². The lowest BCUT2D eigenvalue weighted by atomic mass is 10.1. The Morgan fingerprint density at radius 2 is 2.00 bits per heavy atom. The Morgan fingerprint density at radius 3 is 2.56 bits per heavy atom. The van der Waals surface area contributed by atoms with Crippen LogP contribution in [0.4, 0.5) is 5.69 Å². The smallest absolute Gasteiger partial charge is 0.114 e. The molecule has 1 aromatic carbocycles. The highest BCUT2D eigenvalue weighted by Crippen LogP contribution is 2.27.